The first-order chi connectivity index (χ1) is 13.0. The Hall–Kier alpha value is -2.80. The molecule has 0 aromatic heterocycles. The van der Waals surface area contributed by atoms with E-state index in [0.717, 1.165) is 21.3 Å². The lowest BCUT2D eigenvalue weighted by molar-refractivity contribution is -0.117. The predicted molar refractivity (Wildman–Crippen MR) is 107 cm³/mol. The smallest absolute Gasteiger partial charge is 0.244 e. The molecule has 6 nitrogen and oxygen atoms in total. The maximum absolute atomic E-state index is 12.0. The molecule has 0 atom stereocenters. The lowest BCUT2D eigenvalue weighted by Gasteiger charge is -2.09. The Morgan fingerprint density at radius 2 is 1.96 bits per heavy atom. The molecule has 2 N–H and O–H groups in total. The summed E-state index contributed by atoms with van der Waals surface area (Å²) in [5.74, 6) is 0.940. The number of carbonyl (C=O) groups is 2. The van der Waals surface area contributed by atoms with Crippen LogP contribution in [0.3, 0.4) is 0 Å². The van der Waals surface area contributed by atoms with Crippen LogP contribution in [-0.4, -0.2) is 25.2 Å². The first-order valence-electron chi connectivity index (χ1n) is 8.43. The molecule has 0 saturated heterocycles. The van der Waals surface area contributed by atoms with Crippen molar-refractivity contribution in [3.8, 4) is 11.5 Å². The van der Waals surface area contributed by atoms with Crippen molar-refractivity contribution in [3.63, 3.8) is 0 Å². The van der Waals surface area contributed by atoms with Gasteiger partial charge in [0, 0.05) is 29.2 Å². The molecule has 2 amide bonds. The van der Waals surface area contributed by atoms with Crippen LogP contribution in [-0.2, 0) is 9.59 Å². The third-order valence-electron chi connectivity index (χ3n) is 3.95. The Labute approximate surface area is 165 Å². The van der Waals surface area contributed by atoms with Gasteiger partial charge < -0.3 is 20.1 Å². The number of fused-ring (bicyclic) bond motifs is 1. The van der Waals surface area contributed by atoms with Crippen LogP contribution in [0.4, 0.5) is 5.69 Å². The van der Waals surface area contributed by atoms with E-state index in [9.17, 15) is 9.59 Å². The summed E-state index contributed by atoms with van der Waals surface area (Å²) < 4.78 is 11.4. The fourth-order valence-electron chi connectivity index (χ4n) is 2.49. The number of carbonyl (C=O) groups excluding carboxylic acids is 2. The van der Waals surface area contributed by atoms with Gasteiger partial charge >= 0.3 is 0 Å². The van der Waals surface area contributed by atoms with Crippen molar-refractivity contribution < 1.29 is 19.1 Å². The molecule has 0 radical (unpaired) electrons. The third-order valence-corrected chi connectivity index (χ3v) is 4.44. The average molecular weight is 431 g/mol. The molecule has 27 heavy (non-hydrogen) atoms. The van der Waals surface area contributed by atoms with Crippen molar-refractivity contribution in [2.45, 2.75) is 13.3 Å². The van der Waals surface area contributed by atoms with Gasteiger partial charge in [0.2, 0.25) is 18.6 Å². The molecule has 0 bridgehead atoms. The maximum Gasteiger partial charge on any atom is 0.244 e. The minimum atomic E-state index is -0.265. The molecule has 2 aromatic rings. The van der Waals surface area contributed by atoms with Crippen LogP contribution < -0.4 is 20.1 Å². The van der Waals surface area contributed by atoms with E-state index in [0.29, 0.717) is 11.5 Å². The summed E-state index contributed by atoms with van der Waals surface area (Å²) in [4.78, 5) is 23.9. The van der Waals surface area contributed by atoms with Crippen LogP contribution in [0, 0.1) is 6.92 Å². The summed E-state index contributed by atoms with van der Waals surface area (Å²) in [6.45, 7) is 2.39. The molecule has 140 valence electrons. The Morgan fingerprint density at radius 3 is 2.81 bits per heavy atom. The lowest BCUT2D eigenvalue weighted by atomic mass is 10.2. The van der Waals surface area contributed by atoms with Crippen molar-refractivity contribution in [1.29, 1.82) is 0 Å². The summed E-state index contributed by atoms with van der Waals surface area (Å²) in [6, 6.07) is 11.1. The first kappa shape index (κ1) is 19.0. The second kappa shape index (κ2) is 8.73. The van der Waals surface area contributed by atoms with Gasteiger partial charge in [0.25, 0.3) is 0 Å². The molecule has 0 fully saturated rings. The second-order valence-corrected chi connectivity index (χ2v) is 6.91. The molecular formula is C20H19BrN2O4. The third kappa shape index (κ3) is 5.34. The zero-order chi connectivity index (χ0) is 19.2. The highest BCUT2D eigenvalue weighted by atomic mass is 79.9. The largest absolute Gasteiger partial charge is 0.454 e. The highest BCUT2D eigenvalue weighted by Crippen LogP contribution is 2.32. The predicted octanol–water partition coefficient (Wildman–Crippen LogP) is 3.64. The quantitative estimate of drug-likeness (QED) is 0.685. The van der Waals surface area contributed by atoms with Crippen molar-refractivity contribution in [1.82, 2.24) is 5.32 Å². The minimum absolute atomic E-state index is 0.156. The molecule has 1 heterocycles. The number of halogens is 1. The summed E-state index contributed by atoms with van der Waals surface area (Å²) >= 11 is 3.38. The molecule has 0 saturated carbocycles. The first-order valence-corrected chi connectivity index (χ1v) is 9.22. The van der Waals surface area contributed by atoms with E-state index in [1.54, 1.807) is 18.2 Å². The van der Waals surface area contributed by atoms with Crippen LogP contribution in [0.25, 0.3) is 6.08 Å². The van der Waals surface area contributed by atoms with E-state index >= 15 is 0 Å². The van der Waals surface area contributed by atoms with Crippen LogP contribution in [0.15, 0.2) is 46.9 Å². The summed E-state index contributed by atoms with van der Waals surface area (Å²) in [5, 5.41) is 5.54. The maximum atomic E-state index is 12.0. The standard InChI is InChI=1S/C20H19BrN2O4/c1-13-2-5-15(21)11-16(13)23-20(25)8-9-22-19(24)7-4-14-3-6-17-18(10-14)27-12-26-17/h2-7,10-11H,8-9,12H2,1H3,(H,22,24)(H,23,25)/b7-4+. The fourth-order valence-corrected chi connectivity index (χ4v) is 2.85. The van der Waals surface area contributed by atoms with Crippen LogP contribution in [0.5, 0.6) is 11.5 Å². The van der Waals surface area contributed by atoms with Crippen LogP contribution >= 0.6 is 15.9 Å². The van der Waals surface area contributed by atoms with Gasteiger partial charge in [-0.3, -0.25) is 9.59 Å². The van der Waals surface area contributed by atoms with Gasteiger partial charge in [0.15, 0.2) is 11.5 Å². The van der Waals surface area contributed by atoms with E-state index in [-0.39, 0.29) is 31.6 Å². The summed E-state index contributed by atoms with van der Waals surface area (Å²) in [7, 11) is 0. The number of nitrogens with one attached hydrogen (secondary N) is 2. The Kier molecular flexibility index (Phi) is 6.13. The van der Waals surface area contributed by atoms with E-state index in [2.05, 4.69) is 26.6 Å². The van der Waals surface area contributed by atoms with Crippen LogP contribution in [0.2, 0.25) is 0 Å². The van der Waals surface area contributed by atoms with E-state index in [4.69, 9.17) is 9.47 Å². The van der Waals surface area contributed by atoms with Crippen molar-refractivity contribution >= 4 is 39.5 Å². The van der Waals surface area contributed by atoms with E-state index in [1.165, 1.54) is 6.08 Å². The summed E-state index contributed by atoms with van der Waals surface area (Å²) in [6.07, 6.45) is 3.30. The van der Waals surface area contributed by atoms with E-state index in [1.807, 2.05) is 31.2 Å². The SMILES string of the molecule is Cc1ccc(Br)cc1NC(=O)CCNC(=O)/C=C/c1ccc2c(c1)OCO2. The number of benzene rings is 2. The van der Waals surface area contributed by atoms with Crippen molar-refractivity contribution in [2.24, 2.45) is 0 Å². The molecule has 1 aliphatic heterocycles. The topological polar surface area (TPSA) is 76.7 Å². The Bertz CT molecular complexity index is 896. The van der Waals surface area contributed by atoms with Gasteiger partial charge in [-0.25, -0.2) is 0 Å². The van der Waals surface area contributed by atoms with Gasteiger partial charge in [0.05, 0.1) is 0 Å². The Balaban J connectivity index is 1.44. The Morgan fingerprint density at radius 1 is 1.15 bits per heavy atom. The molecule has 1 aliphatic rings. The zero-order valence-corrected chi connectivity index (χ0v) is 16.3. The molecule has 0 unspecified atom stereocenters. The zero-order valence-electron chi connectivity index (χ0n) is 14.8. The highest BCUT2D eigenvalue weighted by molar-refractivity contribution is 9.10. The molecule has 0 aliphatic carbocycles. The number of amides is 2. The average Bonchev–Trinajstić information content (AvgIpc) is 3.11. The number of hydrogen-bond acceptors (Lipinski definition) is 4. The van der Waals surface area contributed by atoms with Gasteiger partial charge in [-0.15, -0.1) is 0 Å². The minimum Gasteiger partial charge on any atom is -0.454 e. The number of anilines is 1. The van der Waals surface area contributed by atoms with Gasteiger partial charge in [-0.2, -0.15) is 0 Å². The molecule has 0 spiro atoms. The second-order valence-electron chi connectivity index (χ2n) is 5.99. The molecule has 2 aromatic carbocycles. The molecule has 3 rings (SSSR count). The number of rotatable bonds is 6. The lowest BCUT2D eigenvalue weighted by Crippen LogP contribution is -2.26. The fraction of sp³-hybridized carbons (Fsp3) is 0.200. The summed E-state index contributed by atoms with van der Waals surface area (Å²) in [5.41, 5.74) is 2.56. The van der Waals surface area contributed by atoms with Crippen molar-refractivity contribution in [3.05, 3.63) is 58.1 Å². The van der Waals surface area contributed by atoms with Crippen molar-refractivity contribution in [2.75, 3.05) is 18.7 Å². The van der Waals surface area contributed by atoms with E-state index < -0.39 is 0 Å². The number of hydrogen-bond donors (Lipinski definition) is 2. The molecular weight excluding hydrogens is 412 g/mol. The van der Waals surface area contributed by atoms with Gasteiger partial charge in [-0.1, -0.05) is 28.1 Å². The highest BCUT2D eigenvalue weighted by Gasteiger charge is 2.12. The number of aryl methyl sites for hydroxylation is 1. The normalized spacial score (nSPS) is 12.2. The van der Waals surface area contributed by atoms with Crippen LogP contribution in [0.1, 0.15) is 17.5 Å². The monoisotopic (exact) mass is 430 g/mol. The molecule has 7 heteroatoms. The number of ether oxygens (including phenoxy) is 2. The van der Waals surface area contributed by atoms with Gasteiger partial charge in [0.1, 0.15) is 0 Å². The van der Waals surface area contributed by atoms with Gasteiger partial charge in [-0.05, 0) is 48.4 Å².